The van der Waals surface area contributed by atoms with Crippen LogP contribution < -0.4 is 0 Å². The topological polar surface area (TPSA) is 53.4 Å². The zero-order valence-electron chi connectivity index (χ0n) is 17.1. The van der Waals surface area contributed by atoms with E-state index in [0.717, 1.165) is 11.8 Å². The van der Waals surface area contributed by atoms with E-state index in [0.29, 0.717) is 45.4 Å². The molecule has 0 bridgehead atoms. The molecule has 0 saturated carbocycles. The molecule has 2 N–H and O–H groups in total. The summed E-state index contributed by atoms with van der Waals surface area (Å²) in [5.41, 5.74) is 0.902. The Labute approximate surface area is 186 Å². The van der Waals surface area contributed by atoms with Gasteiger partial charge < -0.3 is 10.2 Å². The fourth-order valence-electron chi connectivity index (χ4n) is 4.07. The van der Waals surface area contributed by atoms with Crippen LogP contribution in [0.15, 0.2) is 18.2 Å². The van der Waals surface area contributed by atoms with Crippen LogP contribution in [0.3, 0.4) is 0 Å². The molecule has 1 heterocycles. The summed E-state index contributed by atoms with van der Waals surface area (Å²) in [5, 5.41) is 21.8. The summed E-state index contributed by atoms with van der Waals surface area (Å²) in [4.78, 5) is 4.75. The minimum absolute atomic E-state index is 0.00713. The van der Waals surface area contributed by atoms with Gasteiger partial charge in [-0.3, -0.25) is 4.98 Å². The van der Waals surface area contributed by atoms with Gasteiger partial charge in [-0.05, 0) is 64.5 Å². The zero-order valence-corrected chi connectivity index (χ0v) is 19.3. The molecule has 2 aromatic rings. The van der Waals surface area contributed by atoms with Crippen molar-refractivity contribution >= 4 is 22.6 Å². The number of nitrogens with zero attached hydrogens (tertiary/aromatic N) is 1. The largest absolute Gasteiger partial charge is 0.419 e. The number of fused-ring (bicyclic) bond motifs is 1. The number of halogens is 5. The van der Waals surface area contributed by atoms with E-state index in [2.05, 4.69) is 13.8 Å². The zero-order chi connectivity index (χ0) is 22.6. The van der Waals surface area contributed by atoms with E-state index in [1.54, 1.807) is 0 Å². The van der Waals surface area contributed by atoms with Crippen molar-refractivity contribution in [2.24, 2.45) is 5.41 Å². The van der Waals surface area contributed by atoms with Crippen molar-refractivity contribution in [1.82, 2.24) is 4.98 Å². The van der Waals surface area contributed by atoms with Crippen LogP contribution in [0, 0.1) is 14.8 Å². The van der Waals surface area contributed by atoms with Crippen LogP contribution in [0.4, 0.5) is 17.6 Å². The molecule has 0 saturated heterocycles. The summed E-state index contributed by atoms with van der Waals surface area (Å²) in [5.74, 6) is -1.53. The molecule has 1 aromatic heterocycles. The second kappa shape index (κ2) is 8.02. The highest BCUT2D eigenvalue weighted by atomic mass is 127. The van der Waals surface area contributed by atoms with Crippen molar-refractivity contribution in [3.8, 4) is 0 Å². The number of benzene rings is 1. The number of aliphatic hydroxyl groups is 2. The van der Waals surface area contributed by atoms with Crippen LogP contribution in [-0.2, 0) is 12.6 Å². The summed E-state index contributed by atoms with van der Waals surface area (Å²) in [6.45, 7) is 7.91. The maximum atomic E-state index is 14.1. The van der Waals surface area contributed by atoms with Gasteiger partial charge in [0.1, 0.15) is 11.9 Å². The minimum Gasteiger partial charge on any atom is -0.388 e. The summed E-state index contributed by atoms with van der Waals surface area (Å²) in [7, 11) is 0. The normalized spacial score (nSPS) is 19.7. The van der Waals surface area contributed by atoms with E-state index in [-0.39, 0.29) is 16.9 Å². The summed E-state index contributed by atoms with van der Waals surface area (Å²) >= 11 is 2.05. The second-order valence-electron chi connectivity index (χ2n) is 8.94. The Hall–Kier alpha value is -1.26. The molecule has 3 rings (SSSR count). The van der Waals surface area contributed by atoms with Crippen LogP contribution in [0.2, 0.25) is 0 Å². The Morgan fingerprint density at radius 2 is 1.87 bits per heavy atom. The predicted molar refractivity (Wildman–Crippen MR) is 114 cm³/mol. The Morgan fingerprint density at radius 3 is 2.40 bits per heavy atom. The van der Waals surface area contributed by atoms with E-state index in [1.165, 1.54) is 0 Å². The molecule has 2 atom stereocenters. The van der Waals surface area contributed by atoms with E-state index < -0.39 is 29.8 Å². The lowest BCUT2D eigenvalue weighted by molar-refractivity contribution is -0.140. The SMILES string of the molecule is CC(C)c1nc2c(c(I)c1[C@H](O)c1ccc(C(F)(F)F)c(F)c1)[C@@H](O)CC(C)(C)C2. The smallest absolute Gasteiger partial charge is 0.388 e. The highest BCUT2D eigenvalue weighted by molar-refractivity contribution is 14.1. The highest BCUT2D eigenvalue weighted by Crippen LogP contribution is 2.45. The Kier molecular flexibility index (Phi) is 6.25. The Balaban J connectivity index is 2.16. The molecule has 1 aliphatic rings. The summed E-state index contributed by atoms with van der Waals surface area (Å²) < 4.78 is 53.4. The third-order valence-corrected chi connectivity index (χ3v) is 6.64. The Morgan fingerprint density at radius 1 is 1.23 bits per heavy atom. The standard InChI is InChI=1S/C22H24F4INO2/c1-10(2)19-17(18(27)16-14(28-19)8-21(3,4)9-15(16)29)20(30)11-5-6-12(13(23)7-11)22(24,25)26/h5-7,10,15,20,29-30H,8-9H2,1-4H3/t15-,20+/m0/s1. The van der Waals surface area contributed by atoms with Gasteiger partial charge in [0.15, 0.2) is 0 Å². The summed E-state index contributed by atoms with van der Waals surface area (Å²) in [6, 6.07) is 2.43. The molecular weight excluding hydrogens is 513 g/mol. The van der Waals surface area contributed by atoms with Crippen molar-refractivity contribution in [2.75, 3.05) is 0 Å². The van der Waals surface area contributed by atoms with E-state index in [4.69, 9.17) is 4.98 Å². The Bertz CT molecular complexity index is 973. The quantitative estimate of drug-likeness (QED) is 0.370. The average Bonchev–Trinajstić information content (AvgIpc) is 2.57. The molecular formula is C22H24F4INO2. The first kappa shape index (κ1) is 23.4. The molecule has 8 heteroatoms. The van der Waals surface area contributed by atoms with Crippen LogP contribution in [0.25, 0.3) is 0 Å². The molecule has 30 heavy (non-hydrogen) atoms. The number of pyridine rings is 1. The summed E-state index contributed by atoms with van der Waals surface area (Å²) in [6.07, 6.45) is -5.75. The first-order valence-electron chi connectivity index (χ1n) is 9.67. The third-order valence-electron chi connectivity index (χ3n) is 5.47. The van der Waals surface area contributed by atoms with E-state index >= 15 is 0 Å². The molecule has 0 unspecified atom stereocenters. The number of rotatable bonds is 3. The van der Waals surface area contributed by atoms with Crippen molar-refractivity contribution in [2.45, 2.75) is 64.8 Å². The predicted octanol–water partition coefficient (Wildman–Crippen LogP) is 6.06. The number of hydrogen-bond donors (Lipinski definition) is 2. The van der Waals surface area contributed by atoms with Crippen molar-refractivity contribution in [3.05, 3.63) is 61.2 Å². The lowest BCUT2D eigenvalue weighted by atomic mass is 9.74. The monoisotopic (exact) mass is 537 g/mol. The van der Waals surface area contributed by atoms with Gasteiger partial charge in [0.25, 0.3) is 0 Å². The highest BCUT2D eigenvalue weighted by Gasteiger charge is 2.37. The van der Waals surface area contributed by atoms with Gasteiger partial charge >= 0.3 is 6.18 Å². The number of aliphatic hydroxyl groups excluding tert-OH is 2. The van der Waals surface area contributed by atoms with Gasteiger partial charge in [-0.15, -0.1) is 0 Å². The molecule has 0 fully saturated rings. The number of alkyl halides is 3. The maximum Gasteiger partial charge on any atom is 0.419 e. The lowest BCUT2D eigenvalue weighted by Crippen LogP contribution is -2.29. The van der Waals surface area contributed by atoms with Gasteiger partial charge in [-0.25, -0.2) is 4.39 Å². The molecule has 0 amide bonds. The number of hydrogen-bond acceptors (Lipinski definition) is 3. The van der Waals surface area contributed by atoms with Crippen molar-refractivity contribution < 1.29 is 27.8 Å². The van der Waals surface area contributed by atoms with Crippen molar-refractivity contribution in [3.63, 3.8) is 0 Å². The van der Waals surface area contributed by atoms with Gasteiger partial charge in [-0.2, -0.15) is 13.2 Å². The molecule has 1 aliphatic carbocycles. The molecule has 1 aromatic carbocycles. The first-order valence-corrected chi connectivity index (χ1v) is 10.8. The average molecular weight is 537 g/mol. The van der Waals surface area contributed by atoms with Gasteiger partial charge in [-0.1, -0.05) is 33.8 Å². The maximum absolute atomic E-state index is 14.1. The fraction of sp³-hybridized carbons (Fsp3) is 0.500. The fourth-order valence-corrected chi connectivity index (χ4v) is 5.31. The number of aromatic nitrogens is 1. The van der Waals surface area contributed by atoms with Crippen LogP contribution in [0.1, 0.15) is 85.9 Å². The molecule has 3 nitrogen and oxygen atoms in total. The van der Waals surface area contributed by atoms with E-state index in [9.17, 15) is 27.8 Å². The molecule has 0 spiro atoms. The second-order valence-corrected chi connectivity index (χ2v) is 10.0. The lowest BCUT2D eigenvalue weighted by Gasteiger charge is -2.36. The van der Waals surface area contributed by atoms with Crippen molar-refractivity contribution in [1.29, 1.82) is 0 Å². The van der Waals surface area contributed by atoms with Crippen LogP contribution in [-0.4, -0.2) is 15.2 Å². The third kappa shape index (κ3) is 4.36. The molecule has 0 radical (unpaired) electrons. The van der Waals surface area contributed by atoms with E-state index in [1.807, 2.05) is 36.4 Å². The molecule has 164 valence electrons. The van der Waals surface area contributed by atoms with Gasteiger partial charge in [0.2, 0.25) is 0 Å². The van der Waals surface area contributed by atoms with Gasteiger partial charge in [0, 0.05) is 20.4 Å². The minimum atomic E-state index is -4.81. The van der Waals surface area contributed by atoms with Gasteiger partial charge in [0.05, 0.1) is 17.4 Å². The first-order chi connectivity index (χ1) is 13.7. The molecule has 0 aliphatic heterocycles. The van der Waals surface area contributed by atoms with Crippen LogP contribution in [0.5, 0.6) is 0 Å². The van der Waals surface area contributed by atoms with Crippen LogP contribution >= 0.6 is 22.6 Å².